The van der Waals surface area contributed by atoms with Crippen molar-refractivity contribution in [1.29, 1.82) is 0 Å². The first-order valence-electron chi connectivity index (χ1n) is 6.13. The van der Waals surface area contributed by atoms with Gasteiger partial charge >= 0.3 is 0 Å². The lowest BCUT2D eigenvalue weighted by molar-refractivity contribution is 0.102. The van der Waals surface area contributed by atoms with Crippen LogP contribution < -0.4 is 20.5 Å². The van der Waals surface area contributed by atoms with Crippen LogP contribution in [0.5, 0.6) is 11.5 Å². The molecule has 3 N–H and O–H groups in total. The smallest absolute Gasteiger partial charge is 0.259 e. The van der Waals surface area contributed by atoms with Crippen LogP contribution in [0.15, 0.2) is 40.9 Å². The molecule has 0 heterocycles. The maximum absolute atomic E-state index is 12.4. The number of hydrogen-bond acceptors (Lipinski definition) is 4. The number of nitrogen functional groups attached to an aromatic ring is 1. The van der Waals surface area contributed by atoms with Crippen LogP contribution in [0.2, 0.25) is 0 Å². The number of methoxy groups -OCH3 is 2. The first-order chi connectivity index (χ1) is 10.0. The molecule has 110 valence electrons. The first kappa shape index (κ1) is 15.2. The molecule has 1 amide bonds. The van der Waals surface area contributed by atoms with E-state index in [2.05, 4.69) is 21.2 Å². The quantitative estimate of drug-likeness (QED) is 0.829. The Hall–Kier alpha value is -2.21. The average molecular weight is 351 g/mol. The van der Waals surface area contributed by atoms with Gasteiger partial charge in [-0.15, -0.1) is 0 Å². The van der Waals surface area contributed by atoms with Crippen LogP contribution in [0.1, 0.15) is 10.4 Å². The van der Waals surface area contributed by atoms with Crippen molar-refractivity contribution >= 4 is 33.2 Å². The molecule has 0 atom stereocenters. The minimum Gasteiger partial charge on any atom is -0.496 e. The summed E-state index contributed by atoms with van der Waals surface area (Å²) in [4.78, 5) is 12.4. The van der Waals surface area contributed by atoms with Crippen LogP contribution >= 0.6 is 15.9 Å². The topological polar surface area (TPSA) is 73.6 Å². The van der Waals surface area contributed by atoms with Gasteiger partial charge in [0.25, 0.3) is 5.91 Å². The highest BCUT2D eigenvalue weighted by Gasteiger charge is 2.15. The molecule has 6 heteroatoms. The molecule has 0 aliphatic carbocycles. The van der Waals surface area contributed by atoms with Crippen LogP contribution in [-0.2, 0) is 0 Å². The van der Waals surface area contributed by atoms with Crippen LogP contribution in [-0.4, -0.2) is 20.1 Å². The zero-order valence-electron chi connectivity index (χ0n) is 11.6. The molecule has 2 aromatic carbocycles. The summed E-state index contributed by atoms with van der Waals surface area (Å²) in [6.07, 6.45) is 0. The van der Waals surface area contributed by atoms with Gasteiger partial charge in [-0.05, 0) is 36.4 Å². The van der Waals surface area contributed by atoms with E-state index < -0.39 is 0 Å². The van der Waals surface area contributed by atoms with Gasteiger partial charge in [0, 0.05) is 10.2 Å². The van der Waals surface area contributed by atoms with Crippen molar-refractivity contribution < 1.29 is 14.3 Å². The maximum atomic E-state index is 12.4. The van der Waals surface area contributed by atoms with Gasteiger partial charge in [0.15, 0.2) is 0 Å². The molecule has 0 unspecified atom stereocenters. The van der Waals surface area contributed by atoms with E-state index in [0.29, 0.717) is 28.4 Å². The van der Waals surface area contributed by atoms with Crippen molar-refractivity contribution in [2.75, 3.05) is 25.3 Å². The summed E-state index contributed by atoms with van der Waals surface area (Å²) in [5.41, 5.74) is 7.13. The van der Waals surface area contributed by atoms with Gasteiger partial charge in [-0.1, -0.05) is 15.9 Å². The highest BCUT2D eigenvalue weighted by molar-refractivity contribution is 9.10. The zero-order valence-corrected chi connectivity index (χ0v) is 13.2. The van der Waals surface area contributed by atoms with Gasteiger partial charge < -0.3 is 20.5 Å². The summed E-state index contributed by atoms with van der Waals surface area (Å²) in [6.45, 7) is 0. The monoisotopic (exact) mass is 350 g/mol. The number of carbonyl (C=O) groups excluding carboxylic acids is 1. The minimum atomic E-state index is -0.324. The fourth-order valence-electron chi connectivity index (χ4n) is 1.87. The highest BCUT2D eigenvalue weighted by atomic mass is 79.9. The number of hydrogen-bond donors (Lipinski definition) is 2. The van der Waals surface area contributed by atoms with Crippen LogP contribution in [0.3, 0.4) is 0 Å². The maximum Gasteiger partial charge on any atom is 0.259 e. The molecule has 2 aromatic rings. The summed E-state index contributed by atoms with van der Waals surface area (Å²) in [5.74, 6) is 0.695. The Bertz CT molecular complexity index is 674. The van der Waals surface area contributed by atoms with E-state index in [1.807, 2.05) is 6.07 Å². The Morgan fingerprint density at radius 3 is 2.43 bits per heavy atom. The highest BCUT2D eigenvalue weighted by Crippen LogP contribution is 2.29. The predicted octanol–water partition coefficient (Wildman–Crippen LogP) is 3.30. The second-order valence-corrected chi connectivity index (χ2v) is 5.17. The van der Waals surface area contributed by atoms with Gasteiger partial charge in [0.1, 0.15) is 11.5 Å². The number of nitrogens with two attached hydrogens (primary N) is 1. The normalized spacial score (nSPS) is 10.0. The van der Waals surface area contributed by atoms with Crippen molar-refractivity contribution in [3.63, 3.8) is 0 Å². The fraction of sp³-hybridized carbons (Fsp3) is 0.133. The van der Waals surface area contributed by atoms with Crippen molar-refractivity contribution in [1.82, 2.24) is 0 Å². The third kappa shape index (κ3) is 3.46. The molecular formula is C15H15BrN2O3. The fourth-order valence-corrected chi connectivity index (χ4v) is 2.23. The van der Waals surface area contributed by atoms with E-state index in [9.17, 15) is 4.79 Å². The number of halogens is 1. The number of nitrogens with one attached hydrogen (secondary N) is 1. The zero-order chi connectivity index (χ0) is 15.4. The van der Waals surface area contributed by atoms with Gasteiger partial charge in [-0.25, -0.2) is 0 Å². The molecule has 0 radical (unpaired) electrons. The van der Waals surface area contributed by atoms with Crippen LogP contribution in [0.25, 0.3) is 0 Å². The molecule has 2 rings (SSSR count). The SMILES string of the molecule is COc1ccc(Br)cc1NC(=O)c1cc(N)ccc1OC. The van der Waals surface area contributed by atoms with E-state index >= 15 is 0 Å². The predicted molar refractivity (Wildman–Crippen MR) is 86.1 cm³/mol. The van der Waals surface area contributed by atoms with E-state index in [1.165, 1.54) is 7.11 Å². The number of amides is 1. The number of carbonyl (C=O) groups is 1. The molecular weight excluding hydrogens is 336 g/mol. The van der Waals surface area contributed by atoms with Crippen molar-refractivity contribution in [3.8, 4) is 11.5 Å². The molecule has 5 nitrogen and oxygen atoms in total. The molecule has 0 bridgehead atoms. The van der Waals surface area contributed by atoms with Crippen molar-refractivity contribution in [2.45, 2.75) is 0 Å². The summed E-state index contributed by atoms with van der Waals surface area (Å²) in [5, 5.41) is 2.79. The summed E-state index contributed by atoms with van der Waals surface area (Å²) >= 11 is 3.36. The molecule has 0 saturated carbocycles. The summed E-state index contributed by atoms with van der Waals surface area (Å²) < 4.78 is 11.2. The Morgan fingerprint density at radius 1 is 1.10 bits per heavy atom. The lowest BCUT2D eigenvalue weighted by Crippen LogP contribution is -2.14. The van der Waals surface area contributed by atoms with Gasteiger partial charge in [0.05, 0.1) is 25.5 Å². The van der Waals surface area contributed by atoms with E-state index in [4.69, 9.17) is 15.2 Å². The average Bonchev–Trinajstić information content (AvgIpc) is 2.47. The molecule has 0 fully saturated rings. The summed E-state index contributed by atoms with van der Waals surface area (Å²) in [6, 6.07) is 10.2. The van der Waals surface area contributed by atoms with Crippen molar-refractivity contribution in [3.05, 3.63) is 46.4 Å². The summed E-state index contributed by atoms with van der Waals surface area (Å²) in [7, 11) is 3.04. The number of anilines is 2. The molecule has 0 spiro atoms. The number of benzene rings is 2. The minimum absolute atomic E-state index is 0.324. The lowest BCUT2D eigenvalue weighted by atomic mass is 10.1. The second kappa shape index (κ2) is 6.49. The number of rotatable bonds is 4. The third-order valence-electron chi connectivity index (χ3n) is 2.88. The third-order valence-corrected chi connectivity index (χ3v) is 3.37. The standard InChI is InChI=1S/C15H15BrN2O3/c1-20-13-6-4-10(17)8-11(13)15(19)18-12-7-9(16)3-5-14(12)21-2/h3-8H,17H2,1-2H3,(H,18,19). The van der Waals surface area contributed by atoms with Crippen LogP contribution in [0, 0.1) is 0 Å². The van der Waals surface area contributed by atoms with Crippen molar-refractivity contribution in [2.24, 2.45) is 0 Å². The van der Waals surface area contributed by atoms with E-state index in [-0.39, 0.29) is 5.91 Å². The Labute approximate surface area is 131 Å². The van der Waals surface area contributed by atoms with E-state index in [1.54, 1.807) is 37.4 Å². The lowest BCUT2D eigenvalue weighted by Gasteiger charge is -2.13. The Kier molecular flexibility index (Phi) is 4.70. The largest absolute Gasteiger partial charge is 0.496 e. The Balaban J connectivity index is 2.34. The van der Waals surface area contributed by atoms with E-state index in [0.717, 1.165) is 4.47 Å². The first-order valence-corrected chi connectivity index (χ1v) is 6.93. The van der Waals surface area contributed by atoms with Gasteiger partial charge in [-0.2, -0.15) is 0 Å². The Morgan fingerprint density at radius 2 is 1.76 bits per heavy atom. The molecule has 21 heavy (non-hydrogen) atoms. The molecule has 0 aromatic heterocycles. The second-order valence-electron chi connectivity index (χ2n) is 4.26. The molecule has 0 saturated heterocycles. The molecule has 0 aliphatic heterocycles. The van der Waals surface area contributed by atoms with Crippen LogP contribution in [0.4, 0.5) is 11.4 Å². The van der Waals surface area contributed by atoms with Gasteiger partial charge in [0.2, 0.25) is 0 Å². The van der Waals surface area contributed by atoms with Gasteiger partial charge in [-0.3, -0.25) is 4.79 Å². The molecule has 0 aliphatic rings. The number of ether oxygens (including phenoxy) is 2.